The number of carbonyl (C=O) groups excluding carboxylic acids is 1. The van der Waals surface area contributed by atoms with Crippen LogP contribution in [0.3, 0.4) is 0 Å². The first-order chi connectivity index (χ1) is 8.61. The van der Waals surface area contributed by atoms with Gasteiger partial charge in [-0.15, -0.1) is 0 Å². The molecule has 1 heterocycles. The van der Waals surface area contributed by atoms with Crippen molar-refractivity contribution in [2.45, 2.75) is 6.42 Å². The number of anilines is 1. The van der Waals surface area contributed by atoms with Crippen LogP contribution in [0.15, 0.2) is 23.3 Å². The van der Waals surface area contributed by atoms with Gasteiger partial charge in [-0.25, -0.2) is 0 Å². The quantitative estimate of drug-likeness (QED) is 0.344. The van der Waals surface area contributed by atoms with Gasteiger partial charge >= 0.3 is 0 Å². The van der Waals surface area contributed by atoms with Crippen molar-refractivity contribution in [2.75, 3.05) is 18.0 Å². The van der Waals surface area contributed by atoms with Crippen LogP contribution in [0, 0.1) is 9.49 Å². The lowest BCUT2D eigenvalue weighted by molar-refractivity contribution is -0.117. The number of amides is 1. The molecule has 1 atom stereocenters. The standard InChI is InChI=1S/C11H10ClIN4O/c12-9-4-8(1-2-10(9)13)17-6-7(3-11(17)18)5-15-16-14/h1-2,4,7H,3,5-6H2. The first-order valence-corrected chi connectivity index (χ1v) is 6.83. The Morgan fingerprint density at radius 1 is 1.61 bits per heavy atom. The molecular weight excluding hydrogens is 367 g/mol. The minimum absolute atomic E-state index is 0.0467. The van der Waals surface area contributed by atoms with Crippen molar-refractivity contribution in [1.29, 1.82) is 0 Å². The fraction of sp³-hybridized carbons (Fsp3) is 0.364. The molecule has 2 rings (SSSR count). The Bertz CT molecular complexity index is 530. The second-order valence-electron chi connectivity index (χ2n) is 4.09. The summed E-state index contributed by atoms with van der Waals surface area (Å²) in [6.07, 6.45) is 0.419. The molecule has 1 aliphatic heterocycles. The van der Waals surface area contributed by atoms with Gasteiger partial charge in [-0.2, -0.15) is 0 Å². The highest BCUT2D eigenvalue weighted by Crippen LogP contribution is 2.29. The van der Waals surface area contributed by atoms with Crippen LogP contribution in [0.2, 0.25) is 5.02 Å². The van der Waals surface area contributed by atoms with Crippen molar-refractivity contribution in [3.8, 4) is 0 Å². The topological polar surface area (TPSA) is 69.1 Å². The summed E-state index contributed by atoms with van der Waals surface area (Å²) in [6, 6.07) is 5.55. The van der Waals surface area contributed by atoms with Gasteiger partial charge in [0, 0.05) is 33.7 Å². The fourth-order valence-corrected chi connectivity index (χ4v) is 2.47. The first-order valence-electron chi connectivity index (χ1n) is 5.38. The van der Waals surface area contributed by atoms with Crippen molar-refractivity contribution >= 4 is 45.8 Å². The average molecular weight is 377 g/mol. The number of carbonyl (C=O) groups is 1. The second kappa shape index (κ2) is 5.77. The maximum absolute atomic E-state index is 11.9. The van der Waals surface area contributed by atoms with Crippen LogP contribution in [0.25, 0.3) is 10.4 Å². The molecule has 1 aliphatic rings. The van der Waals surface area contributed by atoms with Gasteiger partial charge in [-0.3, -0.25) is 4.79 Å². The predicted molar refractivity (Wildman–Crippen MR) is 78.6 cm³/mol. The summed E-state index contributed by atoms with van der Waals surface area (Å²) in [5.74, 6) is 0.136. The van der Waals surface area contributed by atoms with E-state index in [1.165, 1.54) is 0 Å². The molecule has 1 saturated heterocycles. The Labute approximate surface area is 123 Å². The smallest absolute Gasteiger partial charge is 0.227 e. The largest absolute Gasteiger partial charge is 0.312 e. The van der Waals surface area contributed by atoms with E-state index in [0.29, 0.717) is 24.5 Å². The number of hydrogen-bond acceptors (Lipinski definition) is 2. The molecule has 0 aromatic heterocycles. The van der Waals surface area contributed by atoms with Gasteiger partial charge < -0.3 is 4.90 Å². The van der Waals surface area contributed by atoms with Crippen LogP contribution in [0.5, 0.6) is 0 Å². The van der Waals surface area contributed by atoms with E-state index in [1.54, 1.807) is 11.0 Å². The van der Waals surface area contributed by atoms with Crippen LogP contribution in [-0.4, -0.2) is 19.0 Å². The van der Waals surface area contributed by atoms with E-state index in [-0.39, 0.29) is 11.8 Å². The highest BCUT2D eigenvalue weighted by Gasteiger charge is 2.30. The van der Waals surface area contributed by atoms with E-state index in [9.17, 15) is 4.79 Å². The van der Waals surface area contributed by atoms with Gasteiger partial charge in [-0.05, 0) is 52.2 Å². The summed E-state index contributed by atoms with van der Waals surface area (Å²) in [5.41, 5.74) is 9.08. The minimum atomic E-state index is 0.0467. The molecule has 1 aromatic rings. The van der Waals surface area contributed by atoms with Crippen molar-refractivity contribution < 1.29 is 4.79 Å². The molecule has 94 valence electrons. The maximum atomic E-state index is 11.9. The molecule has 7 heteroatoms. The third kappa shape index (κ3) is 2.88. The monoisotopic (exact) mass is 376 g/mol. The van der Waals surface area contributed by atoms with Crippen LogP contribution in [0.4, 0.5) is 5.69 Å². The summed E-state index contributed by atoms with van der Waals surface area (Å²) in [5, 5.41) is 4.16. The third-order valence-electron chi connectivity index (χ3n) is 2.82. The lowest BCUT2D eigenvalue weighted by Crippen LogP contribution is -2.24. The number of hydrogen-bond donors (Lipinski definition) is 0. The highest BCUT2D eigenvalue weighted by molar-refractivity contribution is 14.1. The zero-order valence-electron chi connectivity index (χ0n) is 9.38. The average Bonchev–Trinajstić information content (AvgIpc) is 2.71. The number of azide groups is 1. The third-order valence-corrected chi connectivity index (χ3v) is 4.40. The second-order valence-corrected chi connectivity index (χ2v) is 5.66. The SMILES string of the molecule is [N-]=[N+]=NCC1CC(=O)N(c2ccc(I)c(Cl)c2)C1. The van der Waals surface area contributed by atoms with Gasteiger partial charge in [0.2, 0.25) is 5.91 Å². The van der Waals surface area contributed by atoms with E-state index in [4.69, 9.17) is 17.1 Å². The van der Waals surface area contributed by atoms with E-state index in [0.717, 1.165) is 9.26 Å². The van der Waals surface area contributed by atoms with Crippen molar-refractivity contribution in [2.24, 2.45) is 11.0 Å². The summed E-state index contributed by atoms with van der Waals surface area (Å²) < 4.78 is 0.954. The Hall–Kier alpha value is -0.980. The van der Waals surface area contributed by atoms with E-state index < -0.39 is 0 Å². The summed E-state index contributed by atoms with van der Waals surface area (Å²) in [6.45, 7) is 0.936. The zero-order chi connectivity index (χ0) is 13.1. The summed E-state index contributed by atoms with van der Waals surface area (Å²) in [7, 11) is 0. The van der Waals surface area contributed by atoms with Gasteiger partial charge in [0.15, 0.2) is 0 Å². The first kappa shape index (κ1) is 13.5. The predicted octanol–water partition coefficient (Wildman–Crippen LogP) is 3.61. The van der Waals surface area contributed by atoms with Gasteiger partial charge in [-0.1, -0.05) is 16.7 Å². The number of benzene rings is 1. The van der Waals surface area contributed by atoms with Crippen LogP contribution in [0.1, 0.15) is 6.42 Å². The molecule has 1 fully saturated rings. The van der Waals surface area contributed by atoms with Crippen LogP contribution >= 0.6 is 34.2 Å². The Morgan fingerprint density at radius 2 is 2.39 bits per heavy atom. The molecule has 1 amide bonds. The Balaban J connectivity index is 2.16. The normalized spacial score (nSPS) is 18.9. The number of rotatable bonds is 3. The van der Waals surface area contributed by atoms with Crippen molar-refractivity contribution in [3.63, 3.8) is 0 Å². The molecule has 1 unspecified atom stereocenters. The molecule has 0 spiro atoms. The molecule has 5 nitrogen and oxygen atoms in total. The number of nitrogens with zero attached hydrogens (tertiary/aromatic N) is 4. The van der Waals surface area contributed by atoms with Crippen LogP contribution < -0.4 is 4.90 Å². The van der Waals surface area contributed by atoms with Gasteiger partial charge in [0.05, 0.1) is 5.02 Å². The fourth-order valence-electron chi connectivity index (χ4n) is 1.96. The molecule has 1 aromatic carbocycles. The van der Waals surface area contributed by atoms with E-state index in [2.05, 4.69) is 32.6 Å². The molecule has 0 aliphatic carbocycles. The summed E-state index contributed by atoms with van der Waals surface area (Å²) in [4.78, 5) is 16.3. The van der Waals surface area contributed by atoms with Crippen LogP contribution in [-0.2, 0) is 4.79 Å². The summed E-state index contributed by atoms with van der Waals surface area (Å²) >= 11 is 8.19. The highest BCUT2D eigenvalue weighted by atomic mass is 127. The van der Waals surface area contributed by atoms with E-state index >= 15 is 0 Å². The molecule has 18 heavy (non-hydrogen) atoms. The Morgan fingerprint density at radius 3 is 3.06 bits per heavy atom. The molecule has 0 radical (unpaired) electrons. The van der Waals surface area contributed by atoms with E-state index in [1.807, 2.05) is 12.1 Å². The van der Waals surface area contributed by atoms with Crippen molar-refractivity contribution in [1.82, 2.24) is 0 Å². The van der Waals surface area contributed by atoms with Crippen molar-refractivity contribution in [3.05, 3.63) is 37.2 Å². The minimum Gasteiger partial charge on any atom is -0.312 e. The lowest BCUT2D eigenvalue weighted by Gasteiger charge is -2.17. The maximum Gasteiger partial charge on any atom is 0.227 e. The molecule has 0 N–H and O–H groups in total. The molecule has 0 saturated carbocycles. The number of halogens is 2. The lowest BCUT2D eigenvalue weighted by atomic mass is 10.1. The van der Waals surface area contributed by atoms with Gasteiger partial charge in [0.1, 0.15) is 0 Å². The Kier molecular flexibility index (Phi) is 4.31. The molecule has 0 bridgehead atoms. The van der Waals surface area contributed by atoms with Gasteiger partial charge in [0.25, 0.3) is 0 Å². The molecular formula is C11H10ClIN4O. The zero-order valence-corrected chi connectivity index (χ0v) is 12.3.